The molecule has 0 amide bonds. The van der Waals surface area contributed by atoms with Crippen molar-refractivity contribution in [2.45, 2.75) is 38.5 Å². The van der Waals surface area contributed by atoms with Gasteiger partial charge in [-0.15, -0.1) is 0 Å². The Labute approximate surface area is 286 Å². The van der Waals surface area contributed by atoms with E-state index in [-0.39, 0.29) is 68.2 Å². The second-order valence-electron chi connectivity index (χ2n) is 9.39. The molecule has 0 aromatic heterocycles. The van der Waals surface area contributed by atoms with Crippen LogP contribution in [0.3, 0.4) is 0 Å². The maximum Gasteiger partial charge on any atom is 1.00 e. The van der Waals surface area contributed by atoms with Gasteiger partial charge < -0.3 is 35.1 Å². The van der Waals surface area contributed by atoms with Crippen LogP contribution in [0.25, 0.3) is 0 Å². The molecule has 2 N–H and O–H groups in total. The SMILES string of the molecule is O=C1C=CC([N+](=O)[O-])=C/C1=C/N/N=C(/[S-])N1CCCCC1.O=C1C=CC([N+](=O)[O-])=C/C1=C/N/N=C(\[S-])N1CCCCC1.[Cu+].[Cu+]. The van der Waals surface area contributed by atoms with Crippen molar-refractivity contribution in [3.05, 3.63) is 91.6 Å². The van der Waals surface area contributed by atoms with Crippen LogP contribution in [0.1, 0.15) is 38.5 Å². The number of hydrazone groups is 2. The van der Waals surface area contributed by atoms with Crippen molar-refractivity contribution >= 4 is 47.2 Å². The first-order valence-electron chi connectivity index (χ1n) is 13.2. The molecule has 0 saturated carbocycles. The van der Waals surface area contributed by atoms with Crippen LogP contribution in [0.5, 0.6) is 0 Å². The molecule has 0 bridgehead atoms. The molecule has 2 aliphatic carbocycles. The second-order valence-corrected chi connectivity index (χ2v) is 10.1. The summed E-state index contributed by atoms with van der Waals surface area (Å²) in [4.78, 5) is 47.4. The fourth-order valence-corrected chi connectivity index (χ4v) is 4.62. The summed E-state index contributed by atoms with van der Waals surface area (Å²) in [7, 11) is 0. The maximum atomic E-state index is 11.6. The van der Waals surface area contributed by atoms with Crippen LogP contribution >= 0.6 is 0 Å². The Morgan fingerprint density at radius 1 is 0.682 bits per heavy atom. The van der Waals surface area contributed by atoms with Gasteiger partial charge in [-0.1, -0.05) is 0 Å². The van der Waals surface area contributed by atoms with E-state index in [9.17, 15) is 29.8 Å². The molecule has 0 unspecified atom stereocenters. The molecule has 4 aliphatic rings. The Morgan fingerprint density at radius 3 is 1.34 bits per heavy atom. The molecule has 0 aromatic carbocycles. The molecule has 18 heteroatoms. The minimum Gasteiger partial charge on any atom is -0.741 e. The van der Waals surface area contributed by atoms with Crippen molar-refractivity contribution in [3.63, 3.8) is 0 Å². The van der Waals surface area contributed by atoms with E-state index in [2.05, 4.69) is 21.1 Å². The van der Waals surface area contributed by atoms with E-state index in [1.165, 1.54) is 49.5 Å². The summed E-state index contributed by atoms with van der Waals surface area (Å²) >= 11 is 10.4. The van der Waals surface area contributed by atoms with E-state index in [4.69, 9.17) is 25.3 Å². The van der Waals surface area contributed by atoms with Gasteiger partial charge in [-0.2, -0.15) is 10.2 Å². The van der Waals surface area contributed by atoms with E-state index in [0.29, 0.717) is 10.3 Å². The van der Waals surface area contributed by atoms with Gasteiger partial charge in [0.1, 0.15) is 0 Å². The summed E-state index contributed by atoms with van der Waals surface area (Å²) in [5.41, 5.74) is 5.28. The van der Waals surface area contributed by atoms with Crippen LogP contribution in [0, 0.1) is 20.2 Å². The fourth-order valence-electron chi connectivity index (χ4n) is 4.15. The van der Waals surface area contributed by atoms with Crippen molar-refractivity contribution in [2.75, 3.05) is 26.2 Å². The first-order chi connectivity index (χ1) is 20.2. The van der Waals surface area contributed by atoms with Crippen LogP contribution in [-0.2, 0) is 69.0 Å². The molecule has 0 atom stereocenters. The monoisotopic (exact) mass is 740 g/mol. The van der Waals surface area contributed by atoms with Gasteiger partial charge in [0.2, 0.25) is 0 Å². The number of nitro groups is 2. The molecule has 2 heterocycles. The number of piperidine rings is 2. The molecule has 14 nitrogen and oxygen atoms in total. The normalized spacial score (nSPS) is 20.5. The van der Waals surface area contributed by atoms with E-state index in [1.54, 1.807) is 0 Å². The number of carbonyl (C=O) groups excluding carboxylic acids is 2. The summed E-state index contributed by atoms with van der Waals surface area (Å²) < 4.78 is 0. The molecule has 4 rings (SSSR count). The molecule has 244 valence electrons. The average Bonchev–Trinajstić information content (AvgIpc) is 3.00. The number of hydrogen-bond donors (Lipinski definition) is 2. The Morgan fingerprint density at radius 2 is 1.02 bits per heavy atom. The van der Waals surface area contributed by atoms with Gasteiger partial charge >= 0.3 is 34.1 Å². The number of rotatable bonds is 6. The number of carbonyl (C=O) groups is 2. The third kappa shape index (κ3) is 12.3. The first kappa shape index (κ1) is 38.6. The molecule has 0 radical (unpaired) electrons. The minimum absolute atomic E-state index is 0. The predicted octanol–water partition coefficient (Wildman–Crippen LogP) is 2.12. The van der Waals surface area contributed by atoms with Gasteiger partial charge in [-0.05, 0) is 61.0 Å². The van der Waals surface area contributed by atoms with E-state index < -0.39 is 9.85 Å². The van der Waals surface area contributed by atoms with Crippen molar-refractivity contribution in [2.24, 2.45) is 10.2 Å². The maximum absolute atomic E-state index is 11.6. The van der Waals surface area contributed by atoms with Gasteiger partial charge in [0.25, 0.3) is 11.4 Å². The quantitative estimate of drug-likeness (QED) is 0.0773. The number of nitrogens with one attached hydrogen (secondary N) is 2. The molecular formula is C26H30Cu2N8O6S2. The summed E-state index contributed by atoms with van der Waals surface area (Å²) in [6.07, 6.45) is 16.5. The summed E-state index contributed by atoms with van der Waals surface area (Å²) in [6, 6.07) is 0. The van der Waals surface area contributed by atoms with Crippen molar-refractivity contribution in [3.8, 4) is 0 Å². The number of likely N-dealkylation sites (tertiary alicyclic amines) is 2. The number of hydrogen-bond acceptors (Lipinski definition) is 12. The molecule has 0 aromatic rings. The van der Waals surface area contributed by atoms with E-state index in [0.717, 1.165) is 64.0 Å². The number of allylic oxidation sites excluding steroid dienone is 8. The summed E-state index contributed by atoms with van der Waals surface area (Å²) in [5.74, 6) is -0.626. The summed E-state index contributed by atoms with van der Waals surface area (Å²) in [6.45, 7) is 3.53. The second kappa shape index (κ2) is 19.8. The van der Waals surface area contributed by atoms with Crippen LogP contribution in [-0.4, -0.2) is 67.7 Å². The largest absolute Gasteiger partial charge is 1.00 e. The van der Waals surface area contributed by atoms with Crippen LogP contribution in [0.15, 0.2) is 81.6 Å². The van der Waals surface area contributed by atoms with Gasteiger partial charge in [-0.25, -0.2) is 0 Å². The third-order valence-electron chi connectivity index (χ3n) is 6.42. The molecule has 2 saturated heterocycles. The zero-order chi connectivity index (χ0) is 30.5. The molecular weight excluding hydrogens is 712 g/mol. The van der Waals surface area contributed by atoms with Gasteiger partial charge in [-0.3, -0.25) is 40.7 Å². The van der Waals surface area contributed by atoms with E-state index in [1.807, 2.05) is 9.80 Å². The number of nitrogens with zero attached hydrogens (tertiary/aromatic N) is 6. The summed E-state index contributed by atoms with van der Waals surface area (Å²) in [5, 5.41) is 30.2. The van der Waals surface area contributed by atoms with Gasteiger partial charge in [0.05, 0.1) is 9.85 Å². The molecule has 2 fully saturated rings. The predicted molar refractivity (Wildman–Crippen MR) is 161 cm³/mol. The first-order valence-corrected chi connectivity index (χ1v) is 14.0. The van der Waals surface area contributed by atoms with Crippen molar-refractivity contribution < 1.29 is 53.6 Å². The average molecular weight is 742 g/mol. The van der Waals surface area contributed by atoms with Gasteiger partial charge in [0.15, 0.2) is 11.6 Å². The third-order valence-corrected chi connectivity index (χ3v) is 7.12. The standard InChI is InChI=1S/2C13H16N4O3S.2Cu/c2*18-12-5-4-11(17(19)20)8-10(12)9-14-15-13(21)16-6-2-1-3-7-16;;/h2*4-5,8-9,14H,1-3,6-7H2,(H,15,21);;/q;;2*+1/p-2/b2*10-9-;;. The Bertz CT molecular complexity index is 1230. The Balaban J connectivity index is 0.000000421. The smallest absolute Gasteiger partial charge is 0.741 e. The van der Waals surface area contributed by atoms with Gasteiger partial charge in [0, 0.05) is 74.0 Å². The topological polar surface area (TPSA) is 176 Å². The fraction of sp³-hybridized carbons (Fsp3) is 0.385. The van der Waals surface area contributed by atoms with Crippen LogP contribution < -0.4 is 10.9 Å². The zero-order valence-corrected chi connectivity index (χ0v) is 26.8. The Kier molecular flexibility index (Phi) is 17.4. The van der Waals surface area contributed by atoms with Crippen molar-refractivity contribution in [1.29, 1.82) is 0 Å². The zero-order valence-electron chi connectivity index (χ0n) is 23.2. The van der Waals surface area contributed by atoms with E-state index >= 15 is 0 Å². The molecule has 44 heavy (non-hydrogen) atoms. The molecule has 0 spiro atoms. The van der Waals surface area contributed by atoms with Crippen LogP contribution in [0.2, 0.25) is 0 Å². The number of ketones is 2. The molecule has 2 aliphatic heterocycles. The Hall–Kier alpha value is -3.40. The van der Waals surface area contributed by atoms with Crippen LogP contribution in [0.4, 0.5) is 0 Å². The van der Waals surface area contributed by atoms with Crippen molar-refractivity contribution in [1.82, 2.24) is 20.7 Å². The minimum atomic E-state index is -0.549. The number of amidine groups is 2.